The maximum Gasteiger partial charge on any atom is 0.341 e. The molecule has 2 rings (SSSR count). The summed E-state index contributed by atoms with van der Waals surface area (Å²) in [7, 11) is 1.58. The molecule has 150 valence electrons. The zero-order valence-corrected chi connectivity index (χ0v) is 17.0. The number of carbonyl (C=O) groups is 2. The lowest BCUT2D eigenvalue weighted by Crippen LogP contribution is -2.47. The highest BCUT2D eigenvalue weighted by Gasteiger charge is 2.42. The van der Waals surface area contributed by atoms with E-state index in [9.17, 15) is 9.59 Å². The van der Waals surface area contributed by atoms with Crippen LogP contribution in [0.2, 0.25) is 0 Å². The van der Waals surface area contributed by atoms with Crippen LogP contribution >= 0.6 is 0 Å². The predicted molar refractivity (Wildman–Crippen MR) is 104 cm³/mol. The average Bonchev–Trinajstić information content (AvgIpc) is 2.62. The molecule has 0 aliphatic heterocycles. The third-order valence-electron chi connectivity index (χ3n) is 4.86. The summed E-state index contributed by atoms with van der Waals surface area (Å²) in [6.07, 6.45) is 3.36. The van der Waals surface area contributed by atoms with Crippen molar-refractivity contribution in [3.05, 3.63) is 23.8 Å². The van der Waals surface area contributed by atoms with Crippen molar-refractivity contribution in [1.29, 1.82) is 0 Å². The topological polar surface area (TPSA) is 73.9 Å². The Morgan fingerprint density at radius 1 is 1.33 bits per heavy atom. The predicted octanol–water partition coefficient (Wildman–Crippen LogP) is 4.18. The van der Waals surface area contributed by atoms with Gasteiger partial charge in [-0.3, -0.25) is 4.79 Å². The van der Waals surface area contributed by atoms with Crippen LogP contribution in [0, 0.1) is 5.92 Å². The van der Waals surface area contributed by atoms with Gasteiger partial charge in [-0.2, -0.15) is 0 Å². The van der Waals surface area contributed by atoms with Crippen molar-refractivity contribution >= 4 is 17.6 Å². The van der Waals surface area contributed by atoms with Gasteiger partial charge in [-0.05, 0) is 64.2 Å². The second-order valence-electron chi connectivity index (χ2n) is 7.45. The van der Waals surface area contributed by atoms with Crippen molar-refractivity contribution in [1.82, 2.24) is 0 Å². The molecule has 2 atom stereocenters. The van der Waals surface area contributed by atoms with Crippen molar-refractivity contribution in [3.8, 4) is 5.75 Å². The van der Waals surface area contributed by atoms with Crippen LogP contribution in [0.3, 0.4) is 0 Å². The molecule has 0 bridgehead atoms. The molecule has 6 nitrogen and oxygen atoms in total. The Morgan fingerprint density at radius 2 is 2.07 bits per heavy atom. The first kappa shape index (κ1) is 21.2. The van der Waals surface area contributed by atoms with Gasteiger partial charge in [-0.1, -0.05) is 13.3 Å². The first-order valence-corrected chi connectivity index (χ1v) is 9.65. The van der Waals surface area contributed by atoms with Crippen LogP contribution in [0.1, 0.15) is 63.7 Å². The normalized spacial score (nSPS) is 22.4. The fourth-order valence-corrected chi connectivity index (χ4v) is 3.57. The SMILES string of the molecule is CCOC(=O)c1cc(NC(=O)[C@@]2(OC)CCC[C@@H](C)C2)ccc1OC(C)C. The molecule has 1 N–H and O–H groups in total. The van der Waals surface area contributed by atoms with E-state index in [0.717, 1.165) is 12.8 Å². The number of hydrogen-bond acceptors (Lipinski definition) is 5. The van der Waals surface area contributed by atoms with Gasteiger partial charge in [0.05, 0.1) is 12.7 Å². The molecule has 0 spiro atoms. The Balaban J connectivity index is 2.26. The Labute approximate surface area is 161 Å². The molecule has 1 saturated carbocycles. The number of methoxy groups -OCH3 is 1. The van der Waals surface area contributed by atoms with Crippen molar-refractivity contribution in [3.63, 3.8) is 0 Å². The van der Waals surface area contributed by atoms with Gasteiger partial charge in [0, 0.05) is 12.8 Å². The molecule has 1 aromatic rings. The number of amides is 1. The highest BCUT2D eigenvalue weighted by Crippen LogP contribution is 2.36. The average molecular weight is 377 g/mol. The number of rotatable bonds is 7. The van der Waals surface area contributed by atoms with E-state index in [2.05, 4.69) is 12.2 Å². The van der Waals surface area contributed by atoms with Gasteiger partial charge >= 0.3 is 5.97 Å². The minimum atomic E-state index is -0.825. The number of benzene rings is 1. The van der Waals surface area contributed by atoms with Gasteiger partial charge in [0.15, 0.2) is 0 Å². The minimum Gasteiger partial charge on any atom is -0.490 e. The molecule has 1 aliphatic rings. The van der Waals surface area contributed by atoms with Crippen molar-refractivity contribution in [2.24, 2.45) is 5.92 Å². The fourth-order valence-electron chi connectivity index (χ4n) is 3.57. The Bertz CT molecular complexity index is 673. The Hall–Kier alpha value is -2.08. The van der Waals surface area contributed by atoms with Crippen LogP contribution in [0.15, 0.2) is 18.2 Å². The van der Waals surface area contributed by atoms with E-state index >= 15 is 0 Å². The Kier molecular flexibility index (Phi) is 7.25. The summed E-state index contributed by atoms with van der Waals surface area (Å²) in [5, 5.41) is 2.91. The first-order chi connectivity index (χ1) is 12.8. The summed E-state index contributed by atoms with van der Waals surface area (Å²) >= 11 is 0. The number of esters is 1. The lowest BCUT2D eigenvalue weighted by atomic mass is 9.78. The highest BCUT2D eigenvalue weighted by molar-refractivity contribution is 5.99. The first-order valence-electron chi connectivity index (χ1n) is 9.65. The summed E-state index contributed by atoms with van der Waals surface area (Å²) in [6, 6.07) is 5.02. The quantitative estimate of drug-likeness (QED) is 0.722. The third kappa shape index (κ3) is 5.22. The molecule has 1 aromatic carbocycles. The van der Waals surface area contributed by atoms with E-state index in [-0.39, 0.29) is 18.6 Å². The van der Waals surface area contributed by atoms with Gasteiger partial charge in [0.1, 0.15) is 16.9 Å². The van der Waals surface area contributed by atoms with E-state index in [1.165, 1.54) is 0 Å². The number of anilines is 1. The maximum absolute atomic E-state index is 13.0. The summed E-state index contributed by atoms with van der Waals surface area (Å²) in [5.74, 6) is 0.219. The molecule has 0 heterocycles. The lowest BCUT2D eigenvalue weighted by Gasteiger charge is -2.37. The summed E-state index contributed by atoms with van der Waals surface area (Å²) < 4.78 is 16.5. The van der Waals surface area contributed by atoms with Gasteiger partial charge in [-0.15, -0.1) is 0 Å². The second-order valence-corrected chi connectivity index (χ2v) is 7.45. The van der Waals surface area contributed by atoms with Gasteiger partial charge < -0.3 is 19.5 Å². The molecule has 0 unspecified atom stereocenters. The molecule has 0 saturated heterocycles. The van der Waals surface area contributed by atoms with E-state index in [1.807, 2.05) is 13.8 Å². The van der Waals surface area contributed by atoms with Crippen LogP contribution in [0.4, 0.5) is 5.69 Å². The second kappa shape index (κ2) is 9.22. The molecule has 1 fully saturated rings. The molecule has 27 heavy (non-hydrogen) atoms. The van der Waals surface area contributed by atoms with Gasteiger partial charge in [0.25, 0.3) is 5.91 Å². The minimum absolute atomic E-state index is 0.0842. The van der Waals surface area contributed by atoms with Gasteiger partial charge in [-0.25, -0.2) is 4.79 Å². The highest BCUT2D eigenvalue weighted by atomic mass is 16.5. The molecular weight excluding hydrogens is 346 g/mol. The number of carbonyl (C=O) groups excluding carboxylic acids is 2. The van der Waals surface area contributed by atoms with E-state index < -0.39 is 11.6 Å². The molecular formula is C21H31NO5. The largest absolute Gasteiger partial charge is 0.490 e. The summed E-state index contributed by atoms with van der Waals surface area (Å²) in [6.45, 7) is 7.92. The molecule has 1 aliphatic carbocycles. The zero-order valence-electron chi connectivity index (χ0n) is 17.0. The van der Waals surface area contributed by atoms with Crippen LogP contribution in [-0.4, -0.2) is 37.3 Å². The third-order valence-corrected chi connectivity index (χ3v) is 4.86. The van der Waals surface area contributed by atoms with Crippen LogP contribution in [0.25, 0.3) is 0 Å². The van der Waals surface area contributed by atoms with Crippen LogP contribution < -0.4 is 10.1 Å². The van der Waals surface area contributed by atoms with Crippen LogP contribution in [-0.2, 0) is 14.3 Å². The summed E-state index contributed by atoms with van der Waals surface area (Å²) in [4.78, 5) is 25.3. The molecule has 0 radical (unpaired) electrons. The van der Waals surface area contributed by atoms with Crippen molar-refractivity contribution in [2.75, 3.05) is 19.0 Å². The van der Waals surface area contributed by atoms with Crippen molar-refractivity contribution in [2.45, 2.75) is 65.1 Å². The van der Waals surface area contributed by atoms with Gasteiger partial charge in [0.2, 0.25) is 0 Å². The van der Waals surface area contributed by atoms with E-state index in [4.69, 9.17) is 14.2 Å². The summed E-state index contributed by atoms with van der Waals surface area (Å²) in [5.41, 5.74) is -0.00451. The smallest absolute Gasteiger partial charge is 0.341 e. The molecule has 6 heteroatoms. The number of hydrogen-bond donors (Lipinski definition) is 1. The van der Waals surface area contributed by atoms with Crippen LogP contribution in [0.5, 0.6) is 5.75 Å². The molecule has 0 aromatic heterocycles. The zero-order chi connectivity index (χ0) is 20.0. The van der Waals surface area contributed by atoms with E-state index in [0.29, 0.717) is 35.8 Å². The van der Waals surface area contributed by atoms with Crippen molar-refractivity contribution < 1.29 is 23.8 Å². The fraction of sp³-hybridized carbons (Fsp3) is 0.619. The maximum atomic E-state index is 13.0. The Morgan fingerprint density at radius 3 is 2.67 bits per heavy atom. The lowest BCUT2D eigenvalue weighted by molar-refractivity contribution is -0.143. The molecule has 1 amide bonds. The number of nitrogens with one attached hydrogen (secondary N) is 1. The standard InChI is InChI=1S/C21H31NO5/c1-6-26-19(23)17-12-16(9-10-18(17)27-14(2)3)22-20(24)21(25-5)11-7-8-15(4)13-21/h9-10,12,14-15H,6-8,11,13H2,1-5H3,(H,22,24)/t15-,21-/m1/s1. The number of ether oxygens (including phenoxy) is 3. The monoisotopic (exact) mass is 377 g/mol. The van der Waals surface area contributed by atoms with E-state index in [1.54, 1.807) is 32.2 Å².